The molecule has 0 aromatic heterocycles. The molecule has 1 saturated heterocycles. The largest absolute Gasteiger partial charge is 0.391 e. The Morgan fingerprint density at radius 1 is 1.29 bits per heavy atom. The van der Waals surface area contributed by atoms with Gasteiger partial charge in [-0.15, -0.1) is 0 Å². The normalized spacial score (nSPS) is 23.4. The van der Waals surface area contributed by atoms with E-state index in [0.29, 0.717) is 24.8 Å². The molecule has 1 saturated carbocycles. The SMILES string of the molecule is O=C(CCC1CCNCC1)NCC(O)C1CC1. The highest BCUT2D eigenvalue weighted by Gasteiger charge is 2.29. The number of amides is 1. The van der Waals surface area contributed by atoms with Crippen molar-refractivity contribution in [2.24, 2.45) is 11.8 Å². The third-order valence-corrected chi connectivity index (χ3v) is 3.91. The van der Waals surface area contributed by atoms with Crippen molar-refractivity contribution in [3.05, 3.63) is 0 Å². The zero-order valence-corrected chi connectivity index (χ0v) is 10.5. The van der Waals surface area contributed by atoms with Crippen molar-refractivity contribution in [3.63, 3.8) is 0 Å². The average molecular weight is 240 g/mol. The first-order valence-electron chi connectivity index (χ1n) is 6.91. The highest BCUT2D eigenvalue weighted by molar-refractivity contribution is 5.75. The van der Waals surface area contributed by atoms with Crippen LogP contribution in [0.2, 0.25) is 0 Å². The van der Waals surface area contributed by atoms with Crippen LogP contribution in [0.5, 0.6) is 0 Å². The zero-order chi connectivity index (χ0) is 12.1. The fraction of sp³-hybridized carbons (Fsp3) is 0.923. The lowest BCUT2D eigenvalue weighted by Gasteiger charge is -2.22. The van der Waals surface area contributed by atoms with E-state index in [4.69, 9.17) is 0 Å². The molecular weight excluding hydrogens is 216 g/mol. The van der Waals surface area contributed by atoms with E-state index >= 15 is 0 Å². The minimum atomic E-state index is -0.321. The van der Waals surface area contributed by atoms with Gasteiger partial charge in [0, 0.05) is 13.0 Å². The minimum Gasteiger partial charge on any atom is -0.391 e. The second-order valence-corrected chi connectivity index (χ2v) is 5.44. The van der Waals surface area contributed by atoms with Gasteiger partial charge in [0.1, 0.15) is 0 Å². The molecule has 0 bridgehead atoms. The molecule has 3 N–H and O–H groups in total. The fourth-order valence-corrected chi connectivity index (χ4v) is 2.46. The summed E-state index contributed by atoms with van der Waals surface area (Å²) in [6, 6.07) is 0. The van der Waals surface area contributed by atoms with Gasteiger partial charge in [0.25, 0.3) is 0 Å². The predicted molar refractivity (Wildman–Crippen MR) is 66.6 cm³/mol. The number of aliphatic hydroxyl groups is 1. The van der Waals surface area contributed by atoms with Gasteiger partial charge in [-0.05, 0) is 57.0 Å². The molecule has 0 spiro atoms. The van der Waals surface area contributed by atoms with E-state index in [9.17, 15) is 9.90 Å². The maximum Gasteiger partial charge on any atom is 0.220 e. The fourth-order valence-electron chi connectivity index (χ4n) is 2.46. The summed E-state index contributed by atoms with van der Waals surface area (Å²) in [7, 11) is 0. The summed E-state index contributed by atoms with van der Waals surface area (Å²) >= 11 is 0. The lowest BCUT2D eigenvalue weighted by atomic mass is 9.93. The van der Waals surface area contributed by atoms with Crippen LogP contribution in [0.15, 0.2) is 0 Å². The maximum absolute atomic E-state index is 11.6. The second kappa shape index (κ2) is 6.36. The monoisotopic (exact) mass is 240 g/mol. The summed E-state index contributed by atoms with van der Waals surface area (Å²) in [5, 5.41) is 15.8. The summed E-state index contributed by atoms with van der Waals surface area (Å²) in [5.74, 6) is 1.25. The van der Waals surface area contributed by atoms with Gasteiger partial charge in [-0.2, -0.15) is 0 Å². The Morgan fingerprint density at radius 2 is 2.00 bits per heavy atom. The van der Waals surface area contributed by atoms with Crippen molar-refractivity contribution < 1.29 is 9.90 Å². The van der Waals surface area contributed by atoms with Gasteiger partial charge in [-0.1, -0.05) is 0 Å². The van der Waals surface area contributed by atoms with Crippen LogP contribution < -0.4 is 10.6 Å². The lowest BCUT2D eigenvalue weighted by molar-refractivity contribution is -0.121. The molecule has 17 heavy (non-hydrogen) atoms. The molecule has 1 heterocycles. The van der Waals surface area contributed by atoms with Crippen LogP contribution in [0.4, 0.5) is 0 Å². The summed E-state index contributed by atoms with van der Waals surface area (Å²) in [6.07, 6.45) is 5.90. The quantitative estimate of drug-likeness (QED) is 0.639. The van der Waals surface area contributed by atoms with Gasteiger partial charge in [-0.3, -0.25) is 4.79 Å². The molecule has 0 radical (unpaired) electrons. The molecule has 0 aromatic carbocycles. The van der Waals surface area contributed by atoms with E-state index in [1.807, 2.05) is 0 Å². The molecule has 1 atom stereocenters. The van der Waals surface area contributed by atoms with Gasteiger partial charge in [0.2, 0.25) is 5.91 Å². The Bertz CT molecular complexity index is 248. The number of piperidine rings is 1. The Hall–Kier alpha value is -0.610. The van der Waals surface area contributed by atoms with Crippen LogP contribution >= 0.6 is 0 Å². The van der Waals surface area contributed by atoms with Crippen molar-refractivity contribution >= 4 is 5.91 Å². The molecule has 98 valence electrons. The molecule has 1 unspecified atom stereocenters. The molecule has 2 rings (SSSR count). The molecule has 1 amide bonds. The Labute approximate surface area is 103 Å². The number of rotatable bonds is 6. The molecule has 2 fully saturated rings. The second-order valence-electron chi connectivity index (χ2n) is 5.44. The number of hydrogen-bond donors (Lipinski definition) is 3. The zero-order valence-electron chi connectivity index (χ0n) is 10.5. The van der Waals surface area contributed by atoms with Gasteiger partial charge in [0.05, 0.1) is 6.10 Å². The van der Waals surface area contributed by atoms with Crippen molar-refractivity contribution in [3.8, 4) is 0 Å². The molecule has 4 nitrogen and oxygen atoms in total. The molecular formula is C13H24N2O2. The van der Waals surface area contributed by atoms with Gasteiger partial charge < -0.3 is 15.7 Å². The molecule has 1 aliphatic heterocycles. The topological polar surface area (TPSA) is 61.4 Å². The van der Waals surface area contributed by atoms with E-state index in [-0.39, 0.29) is 12.0 Å². The van der Waals surface area contributed by atoms with Crippen molar-refractivity contribution in [2.45, 2.75) is 44.6 Å². The number of nitrogens with one attached hydrogen (secondary N) is 2. The van der Waals surface area contributed by atoms with E-state index in [1.165, 1.54) is 12.8 Å². The summed E-state index contributed by atoms with van der Waals surface area (Å²) in [6.45, 7) is 2.62. The van der Waals surface area contributed by atoms with Crippen molar-refractivity contribution in [1.29, 1.82) is 0 Å². The van der Waals surface area contributed by atoms with Gasteiger partial charge in [-0.25, -0.2) is 0 Å². The molecule has 4 heteroatoms. The highest BCUT2D eigenvalue weighted by atomic mass is 16.3. The number of aliphatic hydroxyl groups excluding tert-OH is 1. The maximum atomic E-state index is 11.6. The first-order valence-corrected chi connectivity index (χ1v) is 6.91. The highest BCUT2D eigenvalue weighted by Crippen LogP contribution is 2.32. The number of hydrogen-bond acceptors (Lipinski definition) is 3. The number of carbonyl (C=O) groups is 1. The van der Waals surface area contributed by atoms with Crippen molar-refractivity contribution in [1.82, 2.24) is 10.6 Å². The number of carbonyl (C=O) groups excluding carboxylic acids is 1. The van der Waals surface area contributed by atoms with Crippen LogP contribution in [0.3, 0.4) is 0 Å². The summed E-state index contributed by atoms with van der Waals surface area (Å²) in [4.78, 5) is 11.6. The third kappa shape index (κ3) is 4.64. The van der Waals surface area contributed by atoms with E-state index in [2.05, 4.69) is 10.6 Å². The van der Waals surface area contributed by atoms with Crippen LogP contribution in [0, 0.1) is 11.8 Å². The van der Waals surface area contributed by atoms with Crippen LogP contribution in [0.1, 0.15) is 38.5 Å². The molecule has 0 aromatic rings. The van der Waals surface area contributed by atoms with E-state index in [0.717, 1.165) is 32.4 Å². The van der Waals surface area contributed by atoms with Crippen LogP contribution in [-0.4, -0.2) is 36.8 Å². The van der Waals surface area contributed by atoms with Crippen molar-refractivity contribution in [2.75, 3.05) is 19.6 Å². The average Bonchev–Trinajstić information content (AvgIpc) is 3.19. The standard InChI is InChI=1S/C13H24N2O2/c16-12(11-2-3-11)9-15-13(17)4-1-10-5-7-14-8-6-10/h10-12,14,16H,1-9H2,(H,15,17). The predicted octanol–water partition coefficient (Wildman–Crippen LogP) is 0.653. The van der Waals surface area contributed by atoms with Gasteiger partial charge in [0.15, 0.2) is 0 Å². The smallest absolute Gasteiger partial charge is 0.220 e. The van der Waals surface area contributed by atoms with Crippen LogP contribution in [0.25, 0.3) is 0 Å². The first-order chi connectivity index (χ1) is 8.25. The van der Waals surface area contributed by atoms with E-state index < -0.39 is 0 Å². The van der Waals surface area contributed by atoms with Crippen LogP contribution in [-0.2, 0) is 4.79 Å². The first kappa shape index (κ1) is 12.8. The van der Waals surface area contributed by atoms with E-state index in [1.54, 1.807) is 0 Å². The Morgan fingerprint density at radius 3 is 2.65 bits per heavy atom. The Kier molecular flexibility index (Phi) is 4.80. The Balaban J connectivity index is 1.53. The minimum absolute atomic E-state index is 0.100. The third-order valence-electron chi connectivity index (χ3n) is 3.91. The molecule has 1 aliphatic carbocycles. The summed E-state index contributed by atoms with van der Waals surface area (Å²) < 4.78 is 0. The summed E-state index contributed by atoms with van der Waals surface area (Å²) in [5.41, 5.74) is 0. The molecule has 2 aliphatic rings. The lowest BCUT2D eigenvalue weighted by Crippen LogP contribution is -2.34. The van der Waals surface area contributed by atoms with Gasteiger partial charge >= 0.3 is 0 Å².